The van der Waals surface area contributed by atoms with E-state index >= 15 is 0 Å². The van der Waals surface area contributed by atoms with Crippen molar-refractivity contribution in [3.8, 4) is 0 Å². The van der Waals surface area contributed by atoms with E-state index in [1.165, 1.54) is 44.1 Å². The Kier molecular flexibility index (Phi) is 6.09. The fourth-order valence-corrected chi connectivity index (χ4v) is 3.03. The van der Waals surface area contributed by atoms with Gasteiger partial charge in [-0.2, -0.15) is 0 Å². The largest absolute Gasteiger partial charge is 0.385 e. The first-order valence-corrected chi connectivity index (χ1v) is 8.33. The Labute approximate surface area is 128 Å². The lowest BCUT2D eigenvalue weighted by Crippen LogP contribution is -2.13. The Bertz CT molecular complexity index is 464. The molecule has 2 N–H and O–H groups in total. The molecular formula is C18H28N2O. The van der Waals surface area contributed by atoms with Crippen molar-refractivity contribution in [2.75, 3.05) is 17.2 Å². The van der Waals surface area contributed by atoms with Crippen molar-refractivity contribution in [1.82, 2.24) is 0 Å². The minimum absolute atomic E-state index is 0.0620. The fourth-order valence-electron chi connectivity index (χ4n) is 3.03. The summed E-state index contributed by atoms with van der Waals surface area (Å²) in [5, 5.41) is 6.46. The van der Waals surface area contributed by atoms with Crippen LogP contribution in [0.1, 0.15) is 57.4 Å². The number of amides is 1. The maximum atomic E-state index is 11.5. The molecule has 1 aliphatic rings. The number of aryl methyl sites for hydroxylation is 1. The number of hydrogen-bond acceptors (Lipinski definition) is 2. The molecule has 21 heavy (non-hydrogen) atoms. The first-order valence-electron chi connectivity index (χ1n) is 8.33. The van der Waals surface area contributed by atoms with Crippen molar-refractivity contribution in [3.05, 3.63) is 23.8 Å². The number of anilines is 2. The summed E-state index contributed by atoms with van der Waals surface area (Å²) in [6, 6.07) is 6.08. The summed E-state index contributed by atoms with van der Waals surface area (Å²) in [6.07, 6.45) is 8.79. The Morgan fingerprint density at radius 1 is 1.24 bits per heavy atom. The van der Waals surface area contributed by atoms with E-state index in [1.807, 2.05) is 19.1 Å². The summed E-state index contributed by atoms with van der Waals surface area (Å²) < 4.78 is 0. The van der Waals surface area contributed by atoms with E-state index < -0.39 is 0 Å². The van der Waals surface area contributed by atoms with Crippen LogP contribution in [0.2, 0.25) is 0 Å². The van der Waals surface area contributed by atoms with Crippen LogP contribution in [0.25, 0.3) is 0 Å². The summed E-state index contributed by atoms with van der Waals surface area (Å²) in [4.78, 5) is 11.5. The molecule has 0 radical (unpaired) electrons. The molecule has 2 rings (SSSR count). The number of carbonyl (C=O) groups is 1. The van der Waals surface area contributed by atoms with Crippen LogP contribution in [0.3, 0.4) is 0 Å². The molecule has 1 fully saturated rings. The van der Waals surface area contributed by atoms with Crippen molar-refractivity contribution in [2.24, 2.45) is 5.92 Å². The first-order chi connectivity index (χ1) is 10.2. The van der Waals surface area contributed by atoms with Crippen LogP contribution < -0.4 is 10.6 Å². The first kappa shape index (κ1) is 15.9. The van der Waals surface area contributed by atoms with Gasteiger partial charge in [-0.3, -0.25) is 4.79 Å². The normalized spacial score (nSPS) is 15.7. The summed E-state index contributed by atoms with van der Waals surface area (Å²) >= 11 is 0. The molecule has 3 nitrogen and oxygen atoms in total. The molecule has 1 aliphatic carbocycles. The molecule has 0 aliphatic heterocycles. The standard InChI is InChI=1S/C18H28N2O/c1-3-18(21)20-16-10-9-14(2)17(13-16)19-12-11-15-7-5-4-6-8-15/h9-10,13,15,19H,3-8,11-12H2,1-2H3,(H,20,21). The van der Waals surface area contributed by atoms with Crippen LogP contribution in [0, 0.1) is 12.8 Å². The number of carbonyl (C=O) groups excluding carboxylic acids is 1. The lowest BCUT2D eigenvalue weighted by Gasteiger charge is -2.22. The maximum absolute atomic E-state index is 11.5. The van der Waals surface area contributed by atoms with Crippen LogP contribution >= 0.6 is 0 Å². The highest BCUT2D eigenvalue weighted by atomic mass is 16.1. The predicted octanol–water partition coefficient (Wildman–Crippen LogP) is 4.73. The lowest BCUT2D eigenvalue weighted by molar-refractivity contribution is -0.115. The van der Waals surface area contributed by atoms with Crippen LogP contribution in [-0.2, 0) is 4.79 Å². The van der Waals surface area contributed by atoms with Gasteiger partial charge >= 0.3 is 0 Å². The molecule has 0 heterocycles. The zero-order chi connectivity index (χ0) is 15.1. The smallest absolute Gasteiger partial charge is 0.224 e. The molecule has 0 saturated heterocycles. The highest BCUT2D eigenvalue weighted by Gasteiger charge is 2.12. The molecule has 1 aromatic carbocycles. The second-order valence-electron chi connectivity index (χ2n) is 6.15. The van der Waals surface area contributed by atoms with Crippen molar-refractivity contribution < 1.29 is 4.79 Å². The van der Waals surface area contributed by atoms with E-state index in [0.29, 0.717) is 6.42 Å². The van der Waals surface area contributed by atoms with Crippen molar-refractivity contribution >= 4 is 17.3 Å². The van der Waals surface area contributed by atoms with Gasteiger partial charge in [0.05, 0.1) is 0 Å². The number of nitrogens with one attached hydrogen (secondary N) is 2. The van der Waals surface area contributed by atoms with Gasteiger partial charge in [0.15, 0.2) is 0 Å². The predicted molar refractivity (Wildman–Crippen MR) is 89.8 cm³/mol. The van der Waals surface area contributed by atoms with E-state index in [2.05, 4.69) is 23.6 Å². The molecule has 0 unspecified atom stereocenters. The molecule has 3 heteroatoms. The number of rotatable bonds is 6. The lowest BCUT2D eigenvalue weighted by atomic mass is 9.87. The van der Waals surface area contributed by atoms with Crippen molar-refractivity contribution in [2.45, 2.75) is 58.8 Å². The molecule has 0 atom stereocenters. The second kappa shape index (κ2) is 8.06. The average Bonchev–Trinajstić information content (AvgIpc) is 2.51. The van der Waals surface area contributed by atoms with E-state index in [0.717, 1.165) is 23.8 Å². The maximum Gasteiger partial charge on any atom is 0.224 e. The monoisotopic (exact) mass is 288 g/mol. The van der Waals surface area contributed by atoms with Gasteiger partial charge in [0.1, 0.15) is 0 Å². The number of hydrogen-bond donors (Lipinski definition) is 2. The molecule has 1 aromatic rings. The van der Waals surface area contributed by atoms with E-state index in [-0.39, 0.29) is 5.91 Å². The Balaban J connectivity index is 1.86. The summed E-state index contributed by atoms with van der Waals surface area (Å²) in [5.41, 5.74) is 3.25. The van der Waals surface area contributed by atoms with Gasteiger partial charge in [0, 0.05) is 24.3 Å². The van der Waals surface area contributed by atoms with Gasteiger partial charge in [-0.15, -0.1) is 0 Å². The van der Waals surface area contributed by atoms with Gasteiger partial charge in [0.2, 0.25) is 5.91 Å². The molecule has 1 saturated carbocycles. The fraction of sp³-hybridized carbons (Fsp3) is 0.611. The minimum atomic E-state index is 0.0620. The van der Waals surface area contributed by atoms with Gasteiger partial charge in [-0.05, 0) is 37.0 Å². The third-order valence-corrected chi connectivity index (χ3v) is 4.44. The van der Waals surface area contributed by atoms with Crippen LogP contribution in [0.15, 0.2) is 18.2 Å². The molecule has 0 aromatic heterocycles. The van der Waals surface area contributed by atoms with Crippen LogP contribution in [0.5, 0.6) is 0 Å². The zero-order valence-corrected chi connectivity index (χ0v) is 13.4. The molecule has 0 bridgehead atoms. The van der Waals surface area contributed by atoms with Crippen LogP contribution in [-0.4, -0.2) is 12.5 Å². The highest BCUT2D eigenvalue weighted by molar-refractivity contribution is 5.91. The average molecular weight is 288 g/mol. The molecule has 1 amide bonds. The summed E-state index contributed by atoms with van der Waals surface area (Å²) in [7, 11) is 0. The Hall–Kier alpha value is -1.51. The van der Waals surface area contributed by atoms with E-state index in [9.17, 15) is 4.79 Å². The zero-order valence-electron chi connectivity index (χ0n) is 13.4. The molecule has 0 spiro atoms. The van der Waals surface area contributed by atoms with Gasteiger partial charge in [-0.1, -0.05) is 45.1 Å². The quantitative estimate of drug-likeness (QED) is 0.794. The second-order valence-corrected chi connectivity index (χ2v) is 6.15. The van der Waals surface area contributed by atoms with Crippen molar-refractivity contribution in [3.63, 3.8) is 0 Å². The van der Waals surface area contributed by atoms with Crippen LogP contribution in [0.4, 0.5) is 11.4 Å². The SMILES string of the molecule is CCC(=O)Nc1ccc(C)c(NCCC2CCCCC2)c1. The van der Waals surface area contributed by atoms with Gasteiger partial charge < -0.3 is 10.6 Å². The topological polar surface area (TPSA) is 41.1 Å². The minimum Gasteiger partial charge on any atom is -0.385 e. The van der Waals surface area contributed by atoms with Gasteiger partial charge in [-0.25, -0.2) is 0 Å². The summed E-state index contributed by atoms with van der Waals surface area (Å²) in [6.45, 7) is 5.00. The molecular weight excluding hydrogens is 260 g/mol. The Morgan fingerprint density at radius 3 is 2.71 bits per heavy atom. The number of benzene rings is 1. The summed E-state index contributed by atoms with van der Waals surface area (Å²) in [5.74, 6) is 0.960. The Morgan fingerprint density at radius 2 is 2.00 bits per heavy atom. The van der Waals surface area contributed by atoms with Crippen molar-refractivity contribution in [1.29, 1.82) is 0 Å². The third-order valence-electron chi connectivity index (χ3n) is 4.44. The molecule has 116 valence electrons. The van der Waals surface area contributed by atoms with E-state index in [4.69, 9.17) is 0 Å². The van der Waals surface area contributed by atoms with Gasteiger partial charge in [0.25, 0.3) is 0 Å². The highest BCUT2D eigenvalue weighted by Crippen LogP contribution is 2.27. The third kappa shape index (κ3) is 5.07. The van der Waals surface area contributed by atoms with E-state index in [1.54, 1.807) is 0 Å².